The number of aryl methyl sites for hydroxylation is 3. The molecular formula is C16H22N4O3. The van der Waals surface area contributed by atoms with Crippen molar-refractivity contribution in [2.45, 2.75) is 39.8 Å². The van der Waals surface area contributed by atoms with Crippen molar-refractivity contribution in [1.29, 1.82) is 0 Å². The smallest absolute Gasteiger partial charge is 0.272 e. The number of aliphatic hydroxyl groups excluding tert-OH is 1. The van der Waals surface area contributed by atoms with E-state index in [0.29, 0.717) is 31.7 Å². The van der Waals surface area contributed by atoms with E-state index in [1.807, 2.05) is 26.8 Å². The summed E-state index contributed by atoms with van der Waals surface area (Å²) in [5.74, 6) is 0.628. The van der Waals surface area contributed by atoms with Crippen molar-refractivity contribution in [3.63, 3.8) is 0 Å². The molecule has 0 spiro atoms. The Hall–Kier alpha value is -2.15. The largest absolute Gasteiger partial charge is 0.391 e. The van der Waals surface area contributed by atoms with Gasteiger partial charge < -0.3 is 14.5 Å². The number of rotatable bonds is 4. The summed E-state index contributed by atoms with van der Waals surface area (Å²) >= 11 is 0. The molecule has 1 aliphatic rings. The van der Waals surface area contributed by atoms with Crippen LogP contribution in [0.3, 0.4) is 0 Å². The van der Waals surface area contributed by atoms with Crippen LogP contribution in [-0.2, 0) is 13.0 Å². The first-order chi connectivity index (χ1) is 11.0. The molecule has 0 saturated carbocycles. The van der Waals surface area contributed by atoms with E-state index in [2.05, 4.69) is 10.3 Å². The summed E-state index contributed by atoms with van der Waals surface area (Å²) in [6.07, 6.45) is 0.0288. The molecule has 0 radical (unpaired) electrons. The Morgan fingerprint density at radius 2 is 2.13 bits per heavy atom. The zero-order valence-electron chi connectivity index (χ0n) is 13.7. The molecular weight excluding hydrogens is 296 g/mol. The number of likely N-dealkylation sites (tertiary alicyclic amines) is 1. The number of carbonyl (C=O) groups is 1. The number of β-amino-alcohol motifs (C(OH)–C–C–N with tert-alkyl or cyclic N) is 1. The van der Waals surface area contributed by atoms with Crippen LogP contribution >= 0.6 is 0 Å². The van der Waals surface area contributed by atoms with Gasteiger partial charge in [-0.1, -0.05) is 5.16 Å². The van der Waals surface area contributed by atoms with Crippen molar-refractivity contribution in [2.75, 3.05) is 13.1 Å². The fraction of sp³-hybridized carbons (Fsp3) is 0.562. The molecule has 1 saturated heterocycles. The Labute approximate surface area is 134 Å². The summed E-state index contributed by atoms with van der Waals surface area (Å²) in [5, 5.41) is 18.5. The lowest BCUT2D eigenvalue weighted by Crippen LogP contribution is -2.31. The fourth-order valence-electron chi connectivity index (χ4n) is 3.11. The molecule has 7 heteroatoms. The van der Waals surface area contributed by atoms with Crippen LogP contribution in [0.4, 0.5) is 0 Å². The third-order valence-electron chi connectivity index (χ3n) is 4.25. The molecule has 3 rings (SSSR count). The third kappa shape index (κ3) is 3.14. The predicted molar refractivity (Wildman–Crippen MR) is 83.0 cm³/mol. The van der Waals surface area contributed by atoms with Crippen LogP contribution in [0.25, 0.3) is 0 Å². The first-order valence-corrected chi connectivity index (χ1v) is 7.92. The van der Waals surface area contributed by atoms with Gasteiger partial charge in [0.1, 0.15) is 11.5 Å². The highest BCUT2D eigenvalue weighted by molar-refractivity contribution is 5.93. The molecule has 0 unspecified atom stereocenters. The maximum Gasteiger partial charge on any atom is 0.272 e. The van der Waals surface area contributed by atoms with Gasteiger partial charge in [-0.05, 0) is 26.8 Å². The summed E-state index contributed by atoms with van der Waals surface area (Å²) < 4.78 is 6.92. The molecule has 124 valence electrons. The minimum absolute atomic E-state index is 0.0367. The molecule has 0 aliphatic carbocycles. The standard InChI is InChI=1S/C16H22N4O3/c1-4-20-14(6-10(2)17-20)16(22)19-8-12(15(21)9-19)7-13-5-11(3)18-23-13/h5-6,12,15,21H,4,7-9H2,1-3H3/t12-,15+/m1/s1. The van der Waals surface area contributed by atoms with Gasteiger partial charge in [-0.2, -0.15) is 5.10 Å². The number of hydrogen-bond donors (Lipinski definition) is 1. The molecule has 1 fully saturated rings. The van der Waals surface area contributed by atoms with Gasteiger partial charge in [0.15, 0.2) is 0 Å². The monoisotopic (exact) mass is 318 g/mol. The lowest BCUT2D eigenvalue weighted by molar-refractivity contribution is 0.0752. The van der Waals surface area contributed by atoms with Crippen molar-refractivity contribution in [3.05, 3.63) is 35.0 Å². The molecule has 3 heterocycles. The van der Waals surface area contributed by atoms with E-state index in [9.17, 15) is 9.90 Å². The SMILES string of the molecule is CCn1nc(C)cc1C(=O)N1C[C@@H](Cc2cc(C)no2)[C@@H](O)C1. The second kappa shape index (κ2) is 6.16. The zero-order chi connectivity index (χ0) is 16.6. The Kier molecular flexibility index (Phi) is 4.21. The van der Waals surface area contributed by atoms with E-state index >= 15 is 0 Å². The van der Waals surface area contributed by atoms with Crippen LogP contribution in [-0.4, -0.2) is 50.0 Å². The number of aliphatic hydroxyl groups is 1. The molecule has 1 amide bonds. The lowest BCUT2D eigenvalue weighted by atomic mass is 10.0. The molecule has 0 aromatic carbocycles. The van der Waals surface area contributed by atoms with Crippen molar-refractivity contribution in [3.8, 4) is 0 Å². The maximum absolute atomic E-state index is 12.7. The summed E-state index contributed by atoms with van der Waals surface area (Å²) in [7, 11) is 0. The Bertz CT molecular complexity index is 706. The number of nitrogens with zero attached hydrogens (tertiary/aromatic N) is 4. The molecule has 0 bridgehead atoms. The van der Waals surface area contributed by atoms with Crippen LogP contribution in [0.1, 0.15) is 34.6 Å². The Balaban J connectivity index is 1.71. The minimum atomic E-state index is -0.552. The summed E-state index contributed by atoms with van der Waals surface area (Å²) in [5.41, 5.74) is 2.22. The van der Waals surface area contributed by atoms with Crippen LogP contribution < -0.4 is 0 Å². The van der Waals surface area contributed by atoms with Gasteiger partial charge in [-0.3, -0.25) is 9.48 Å². The van der Waals surface area contributed by atoms with Crippen LogP contribution in [0.2, 0.25) is 0 Å². The topological polar surface area (TPSA) is 84.4 Å². The normalized spacial score (nSPS) is 21.1. The van der Waals surface area contributed by atoms with Crippen molar-refractivity contribution >= 4 is 5.91 Å². The van der Waals surface area contributed by atoms with Gasteiger partial charge in [-0.25, -0.2) is 0 Å². The van der Waals surface area contributed by atoms with Gasteiger partial charge in [0.05, 0.1) is 17.5 Å². The Morgan fingerprint density at radius 3 is 2.78 bits per heavy atom. The second-order valence-electron chi connectivity index (χ2n) is 6.16. The summed E-state index contributed by atoms with van der Waals surface area (Å²) in [6.45, 7) is 7.18. The van der Waals surface area contributed by atoms with E-state index in [0.717, 1.165) is 17.1 Å². The summed E-state index contributed by atoms with van der Waals surface area (Å²) in [4.78, 5) is 14.4. The summed E-state index contributed by atoms with van der Waals surface area (Å²) in [6, 6.07) is 3.66. The highest BCUT2D eigenvalue weighted by Gasteiger charge is 2.36. The van der Waals surface area contributed by atoms with Gasteiger partial charge in [-0.15, -0.1) is 0 Å². The first kappa shape index (κ1) is 15.7. The van der Waals surface area contributed by atoms with E-state index in [1.54, 1.807) is 15.6 Å². The molecule has 1 N–H and O–H groups in total. The highest BCUT2D eigenvalue weighted by Crippen LogP contribution is 2.23. The number of amides is 1. The van der Waals surface area contributed by atoms with E-state index in [1.165, 1.54) is 0 Å². The van der Waals surface area contributed by atoms with Crippen molar-refractivity contribution in [1.82, 2.24) is 19.8 Å². The van der Waals surface area contributed by atoms with Gasteiger partial charge in [0.25, 0.3) is 5.91 Å². The van der Waals surface area contributed by atoms with E-state index < -0.39 is 6.10 Å². The van der Waals surface area contributed by atoms with Crippen molar-refractivity contribution in [2.24, 2.45) is 5.92 Å². The molecule has 2 atom stereocenters. The molecule has 2 aromatic rings. The average Bonchev–Trinajstić information content (AvgIpc) is 3.19. The average molecular weight is 318 g/mol. The van der Waals surface area contributed by atoms with E-state index in [-0.39, 0.29) is 11.8 Å². The number of carbonyl (C=O) groups excluding carboxylic acids is 1. The minimum Gasteiger partial charge on any atom is -0.391 e. The number of aromatic nitrogens is 3. The van der Waals surface area contributed by atoms with E-state index in [4.69, 9.17) is 4.52 Å². The molecule has 7 nitrogen and oxygen atoms in total. The lowest BCUT2D eigenvalue weighted by Gasteiger charge is -2.16. The maximum atomic E-state index is 12.7. The van der Waals surface area contributed by atoms with Gasteiger partial charge >= 0.3 is 0 Å². The predicted octanol–water partition coefficient (Wildman–Crippen LogP) is 1.18. The van der Waals surface area contributed by atoms with Crippen LogP contribution in [0, 0.1) is 19.8 Å². The zero-order valence-corrected chi connectivity index (χ0v) is 13.7. The Morgan fingerprint density at radius 1 is 1.35 bits per heavy atom. The van der Waals surface area contributed by atoms with Crippen molar-refractivity contribution < 1.29 is 14.4 Å². The second-order valence-corrected chi connectivity index (χ2v) is 6.16. The fourth-order valence-corrected chi connectivity index (χ4v) is 3.11. The number of hydrogen-bond acceptors (Lipinski definition) is 5. The third-order valence-corrected chi connectivity index (χ3v) is 4.25. The molecule has 23 heavy (non-hydrogen) atoms. The van der Waals surface area contributed by atoms with Gasteiger partial charge in [0, 0.05) is 38.0 Å². The molecule has 2 aromatic heterocycles. The highest BCUT2D eigenvalue weighted by atomic mass is 16.5. The quantitative estimate of drug-likeness (QED) is 0.915. The molecule has 1 aliphatic heterocycles. The first-order valence-electron chi connectivity index (χ1n) is 7.92. The van der Waals surface area contributed by atoms with Crippen LogP contribution in [0.5, 0.6) is 0 Å². The van der Waals surface area contributed by atoms with Gasteiger partial charge in [0.2, 0.25) is 0 Å². The van der Waals surface area contributed by atoms with Crippen LogP contribution in [0.15, 0.2) is 16.7 Å².